The van der Waals surface area contributed by atoms with Crippen LogP contribution in [0.1, 0.15) is 22.7 Å². The van der Waals surface area contributed by atoms with Gasteiger partial charge in [-0.3, -0.25) is 10.1 Å². The number of anilines is 1. The lowest BCUT2D eigenvalue weighted by Gasteiger charge is -2.20. The summed E-state index contributed by atoms with van der Waals surface area (Å²) in [5, 5.41) is 14.9. The second-order valence-corrected chi connectivity index (χ2v) is 10.2. The molecule has 9 nitrogen and oxygen atoms in total. The minimum atomic E-state index is -0.567. The molecule has 0 radical (unpaired) electrons. The number of ether oxygens (including phenoxy) is 1. The summed E-state index contributed by atoms with van der Waals surface area (Å²) in [4.78, 5) is 28.9. The fourth-order valence-electron chi connectivity index (χ4n) is 4.44. The standard InChI is InChI=1S/C32H26Cl2N6O3/c1-43-32(42)36-25-11-7-22(8-12-25)27-19-26(31(34)39-38-27)28(17-21-5-3-2-4-6-21)37-30(41)14-9-23-18-24(33)10-13-29(23)40-16-15-35-20-40/h2-16,18-20,28H,17H2,1H3,(H,36,42)(H,37,41). The Morgan fingerprint density at radius 3 is 2.51 bits per heavy atom. The normalized spacial score (nSPS) is 11.7. The van der Waals surface area contributed by atoms with Gasteiger partial charge in [0.25, 0.3) is 0 Å². The quantitative estimate of drug-likeness (QED) is 0.175. The maximum Gasteiger partial charge on any atom is 0.411 e. The van der Waals surface area contributed by atoms with Gasteiger partial charge >= 0.3 is 6.09 Å². The lowest BCUT2D eigenvalue weighted by molar-refractivity contribution is -0.117. The third kappa shape index (κ3) is 7.65. The van der Waals surface area contributed by atoms with E-state index >= 15 is 0 Å². The molecule has 0 aliphatic rings. The Hall–Kier alpha value is -4.99. The third-order valence-corrected chi connectivity index (χ3v) is 7.08. The SMILES string of the molecule is COC(=O)Nc1ccc(-c2cc(C(Cc3ccccc3)NC(=O)C=Cc3cc(Cl)ccc3-n3ccnc3)c(Cl)nn2)cc1. The van der Waals surface area contributed by atoms with Crippen molar-refractivity contribution in [2.24, 2.45) is 0 Å². The van der Waals surface area contributed by atoms with Crippen LogP contribution in [0.5, 0.6) is 0 Å². The number of carbonyl (C=O) groups excluding carboxylic acids is 2. The molecule has 1 atom stereocenters. The largest absolute Gasteiger partial charge is 0.453 e. The molecule has 2 heterocycles. The molecule has 0 fully saturated rings. The number of nitrogens with one attached hydrogen (secondary N) is 2. The molecule has 216 valence electrons. The van der Waals surface area contributed by atoms with Crippen LogP contribution in [0.25, 0.3) is 23.0 Å². The first-order valence-corrected chi connectivity index (χ1v) is 13.9. The minimum absolute atomic E-state index is 0.176. The topological polar surface area (TPSA) is 111 Å². The molecule has 0 bridgehead atoms. The Kier molecular flexibility index (Phi) is 9.46. The van der Waals surface area contributed by atoms with E-state index in [9.17, 15) is 9.59 Å². The van der Waals surface area contributed by atoms with Gasteiger partial charge in [-0.25, -0.2) is 9.78 Å². The first kappa shape index (κ1) is 29.5. The zero-order valence-electron chi connectivity index (χ0n) is 22.9. The van der Waals surface area contributed by atoms with Crippen molar-refractivity contribution in [1.29, 1.82) is 0 Å². The van der Waals surface area contributed by atoms with Crippen molar-refractivity contribution >= 4 is 47.0 Å². The van der Waals surface area contributed by atoms with E-state index in [-0.39, 0.29) is 11.1 Å². The summed E-state index contributed by atoms with van der Waals surface area (Å²) in [6.07, 6.45) is 8.23. The number of nitrogens with zero attached hydrogens (tertiary/aromatic N) is 4. The second-order valence-electron chi connectivity index (χ2n) is 9.43. The van der Waals surface area contributed by atoms with Crippen molar-refractivity contribution in [2.75, 3.05) is 12.4 Å². The molecule has 0 aliphatic heterocycles. The minimum Gasteiger partial charge on any atom is -0.453 e. The lowest BCUT2D eigenvalue weighted by atomic mass is 9.98. The fourth-order valence-corrected chi connectivity index (χ4v) is 4.84. The highest BCUT2D eigenvalue weighted by molar-refractivity contribution is 6.31. The zero-order chi connectivity index (χ0) is 30.2. The summed E-state index contributed by atoms with van der Waals surface area (Å²) >= 11 is 12.8. The summed E-state index contributed by atoms with van der Waals surface area (Å²) in [6.45, 7) is 0. The number of aromatic nitrogens is 4. The number of carbonyl (C=O) groups is 2. The molecular weight excluding hydrogens is 587 g/mol. The predicted molar refractivity (Wildman–Crippen MR) is 167 cm³/mol. The van der Waals surface area contributed by atoms with E-state index in [1.165, 1.54) is 13.2 Å². The summed E-state index contributed by atoms with van der Waals surface area (Å²) in [6, 6.07) is 23.5. The Morgan fingerprint density at radius 2 is 1.79 bits per heavy atom. The summed E-state index contributed by atoms with van der Waals surface area (Å²) < 4.78 is 6.48. The van der Waals surface area contributed by atoms with Gasteiger partial charge in [-0.15, -0.1) is 10.2 Å². The van der Waals surface area contributed by atoms with Crippen LogP contribution in [-0.4, -0.2) is 38.9 Å². The third-order valence-electron chi connectivity index (χ3n) is 6.55. The van der Waals surface area contributed by atoms with Gasteiger partial charge in [-0.1, -0.05) is 65.7 Å². The highest BCUT2D eigenvalue weighted by atomic mass is 35.5. The van der Waals surface area contributed by atoms with E-state index in [4.69, 9.17) is 23.2 Å². The fraction of sp³-hybridized carbons (Fsp3) is 0.0938. The number of amides is 2. The van der Waals surface area contributed by atoms with Crippen LogP contribution in [0.15, 0.2) is 104 Å². The first-order valence-electron chi connectivity index (χ1n) is 13.2. The molecular formula is C32H26Cl2N6O3. The van der Waals surface area contributed by atoms with Crippen LogP contribution in [0, 0.1) is 0 Å². The van der Waals surface area contributed by atoms with Crippen molar-refractivity contribution in [1.82, 2.24) is 25.1 Å². The Bertz CT molecular complexity index is 1740. The van der Waals surface area contributed by atoms with Crippen LogP contribution >= 0.6 is 23.2 Å². The predicted octanol–water partition coefficient (Wildman–Crippen LogP) is 6.93. The van der Waals surface area contributed by atoms with E-state index in [0.29, 0.717) is 28.4 Å². The van der Waals surface area contributed by atoms with Crippen LogP contribution in [0.3, 0.4) is 0 Å². The molecule has 0 aliphatic carbocycles. The van der Waals surface area contributed by atoms with Gasteiger partial charge in [0.05, 0.1) is 30.9 Å². The highest BCUT2D eigenvalue weighted by Crippen LogP contribution is 2.29. The number of benzene rings is 3. The molecule has 0 saturated carbocycles. The van der Waals surface area contributed by atoms with Crippen molar-refractivity contribution in [3.63, 3.8) is 0 Å². The number of rotatable bonds is 9. The number of hydrogen-bond acceptors (Lipinski definition) is 6. The smallest absolute Gasteiger partial charge is 0.411 e. The number of methoxy groups -OCH3 is 1. The number of imidazole rings is 1. The van der Waals surface area contributed by atoms with E-state index in [1.807, 2.05) is 53.2 Å². The van der Waals surface area contributed by atoms with E-state index < -0.39 is 12.1 Å². The van der Waals surface area contributed by atoms with Gasteiger partial charge in [-0.05, 0) is 54.5 Å². The number of halogens is 2. The summed E-state index contributed by atoms with van der Waals surface area (Å²) in [5.74, 6) is -0.329. The molecule has 5 rings (SSSR count). The van der Waals surface area contributed by atoms with Gasteiger partial charge in [0, 0.05) is 45.9 Å². The van der Waals surface area contributed by atoms with Gasteiger partial charge in [0.2, 0.25) is 5.91 Å². The van der Waals surface area contributed by atoms with E-state index in [0.717, 1.165) is 22.4 Å². The molecule has 11 heteroatoms. The molecule has 2 N–H and O–H groups in total. The monoisotopic (exact) mass is 612 g/mol. The van der Waals surface area contributed by atoms with Crippen LogP contribution in [-0.2, 0) is 16.0 Å². The maximum atomic E-state index is 13.3. The highest BCUT2D eigenvalue weighted by Gasteiger charge is 2.20. The van der Waals surface area contributed by atoms with Crippen molar-refractivity contribution in [2.45, 2.75) is 12.5 Å². The van der Waals surface area contributed by atoms with E-state index in [1.54, 1.807) is 55.0 Å². The Balaban J connectivity index is 1.42. The molecule has 1 unspecified atom stereocenters. The van der Waals surface area contributed by atoms with Gasteiger partial charge in [0.15, 0.2) is 5.15 Å². The molecule has 0 spiro atoms. The molecule has 43 heavy (non-hydrogen) atoms. The van der Waals surface area contributed by atoms with E-state index in [2.05, 4.69) is 30.6 Å². The maximum absolute atomic E-state index is 13.3. The van der Waals surface area contributed by atoms with Crippen LogP contribution in [0.2, 0.25) is 10.2 Å². The van der Waals surface area contributed by atoms with Gasteiger partial charge in [0.1, 0.15) is 0 Å². The Morgan fingerprint density at radius 1 is 1.00 bits per heavy atom. The van der Waals surface area contributed by atoms with Crippen molar-refractivity contribution < 1.29 is 14.3 Å². The molecule has 5 aromatic rings. The molecule has 0 saturated heterocycles. The second kappa shape index (κ2) is 13.8. The van der Waals surface area contributed by atoms with Crippen LogP contribution in [0.4, 0.5) is 10.5 Å². The van der Waals surface area contributed by atoms with Gasteiger partial charge in [-0.2, -0.15) is 0 Å². The summed E-state index contributed by atoms with van der Waals surface area (Å²) in [7, 11) is 1.30. The zero-order valence-corrected chi connectivity index (χ0v) is 24.5. The van der Waals surface area contributed by atoms with Crippen molar-refractivity contribution in [3.8, 4) is 16.9 Å². The average Bonchev–Trinajstić information content (AvgIpc) is 3.56. The summed E-state index contributed by atoms with van der Waals surface area (Å²) in [5.41, 5.74) is 5.04. The number of hydrogen-bond donors (Lipinski definition) is 2. The first-order chi connectivity index (χ1) is 20.9. The van der Waals surface area contributed by atoms with Crippen molar-refractivity contribution in [3.05, 3.63) is 131 Å². The lowest BCUT2D eigenvalue weighted by Crippen LogP contribution is -2.29. The van der Waals surface area contributed by atoms with Crippen LogP contribution < -0.4 is 10.6 Å². The average molecular weight is 614 g/mol. The van der Waals surface area contributed by atoms with Gasteiger partial charge < -0.3 is 14.6 Å². The molecule has 2 amide bonds. The molecule has 2 aromatic heterocycles. The molecule has 3 aromatic carbocycles. The Labute approximate surface area is 258 Å².